The molecule has 0 amide bonds. The Hall–Kier alpha value is -2.69. The SMILES string of the molecule is COC(=O)c1ccc(OCc2ccc(OC)cc2)c(OC)c1. The van der Waals surface area contributed by atoms with Crippen molar-refractivity contribution in [1.29, 1.82) is 0 Å². The van der Waals surface area contributed by atoms with Crippen molar-refractivity contribution in [2.24, 2.45) is 0 Å². The molecule has 5 heteroatoms. The minimum absolute atomic E-state index is 0.387. The topological polar surface area (TPSA) is 54.0 Å². The van der Waals surface area contributed by atoms with Gasteiger partial charge in [-0.25, -0.2) is 4.79 Å². The van der Waals surface area contributed by atoms with Crippen LogP contribution in [-0.2, 0) is 11.3 Å². The molecule has 116 valence electrons. The van der Waals surface area contributed by atoms with Gasteiger partial charge in [-0.1, -0.05) is 12.1 Å². The van der Waals surface area contributed by atoms with Gasteiger partial charge in [0, 0.05) is 0 Å². The fraction of sp³-hybridized carbons (Fsp3) is 0.235. The van der Waals surface area contributed by atoms with Gasteiger partial charge in [-0.3, -0.25) is 0 Å². The maximum absolute atomic E-state index is 11.5. The number of carbonyl (C=O) groups is 1. The van der Waals surface area contributed by atoms with E-state index in [-0.39, 0.29) is 0 Å². The molecule has 0 spiro atoms. The minimum Gasteiger partial charge on any atom is -0.497 e. The van der Waals surface area contributed by atoms with Gasteiger partial charge in [0.1, 0.15) is 12.4 Å². The third-order valence-electron chi connectivity index (χ3n) is 3.14. The molecule has 0 N–H and O–H groups in total. The zero-order chi connectivity index (χ0) is 15.9. The van der Waals surface area contributed by atoms with E-state index in [0.29, 0.717) is 23.7 Å². The Morgan fingerprint density at radius 3 is 2.23 bits per heavy atom. The van der Waals surface area contributed by atoms with Crippen LogP contribution in [-0.4, -0.2) is 27.3 Å². The van der Waals surface area contributed by atoms with Gasteiger partial charge in [0.15, 0.2) is 11.5 Å². The second kappa shape index (κ2) is 7.36. The standard InChI is InChI=1S/C17H18O5/c1-19-14-7-4-12(5-8-14)11-22-15-9-6-13(17(18)21-3)10-16(15)20-2/h4-10H,11H2,1-3H3. The van der Waals surface area contributed by atoms with Crippen LogP contribution in [0.3, 0.4) is 0 Å². The molecule has 0 bridgehead atoms. The van der Waals surface area contributed by atoms with Crippen molar-refractivity contribution in [2.45, 2.75) is 6.61 Å². The maximum Gasteiger partial charge on any atom is 0.337 e. The van der Waals surface area contributed by atoms with E-state index in [0.717, 1.165) is 11.3 Å². The summed E-state index contributed by atoms with van der Waals surface area (Å²) in [5, 5.41) is 0. The van der Waals surface area contributed by atoms with Crippen molar-refractivity contribution in [3.63, 3.8) is 0 Å². The van der Waals surface area contributed by atoms with Crippen molar-refractivity contribution < 1.29 is 23.7 Å². The fourth-order valence-corrected chi connectivity index (χ4v) is 1.91. The highest BCUT2D eigenvalue weighted by Gasteiger charge is 2.11. The smallest absolute Gasteiger partial charge is 0.337 e. The molecule has 2 aromatic rings. The van der Waals surface area contributed by atoms with Crippen molar-refractivity contribution in [2.75, 3.05) is 21.3 Å². The Morgan fingerprint density at radius 2 is 1.64 bits per heavy atom. The fourth-order valence-electron chi connectivity index (χ4n) is 1.91. The van der Waals surface area contributed by atoms with Crippen LogP contribution in [0, 0.1) is 0 Å². The zero-order valence-electron chi connectivity index (χ0n) is 12.8. The van der Waals surface area contributed by atoms with Crippen molar-refractivity contribution in [3.05, 3.63) is 53.6 Å². The molecular formula is C17H18O5. The van der Waals surface area contributed by atoms with Gasteiger partial charge in [-0.05, 0) is 35.9 Å². The summed E-state index contributed by atoms with van der Waals surface area (Å²) in [7, 11) is 4.48. The van der Waals surface area contributed by atoms with E-state index >= 15 is 0 Å². The van der Waals surface area contributed by atoms with Gasteiger partial charge in [0.05, 0.1) is 26.9 Å². The molecule has 0 aromatic heterocycles. The third kappa shape index (κ3) is 3.69. The number of ether oxygens (including phenoxy) is 4. The molecule has 0 heterocycles. The highest BCUT2D eigenvalue weighted by Crippen LogP contribution is 2.29. The van der Waals surface area contributed by atoms with E-state index in [4.69, 9.17) is 14.2 Å². The van der Waals surface area contributed by atoms with Gasteiger partial charge in [0.2, 0.25) is 0 Å². The van der Waals surface area contributed by atoms with Crippen molar-refractivity contribution >= 4 is 5.97 Å². The average Bonchev–Trinajstić information content (AvgIpc) is 2.59. The number of hydrogen-bond acceptors (Lipinski definition) is 5. The molecule has 0 aliphatic heterocycles. The molecule has 0 radical (unpaired) electrons. The summed E-state index contributed by atoms with van der Waals surface area (Å²) < 4.78 is 20.8. The van der Waals surface area contributed by atoms with Crippen LogP contribution in [0.2, 0.25) is 0 Å². The van der Waals surface area contributed by atoms with Crippen molar-refractivity contribution in [1.82, 2.24) is 0 Å². The third-order valence-corrected chi connectivity index (χ3v) is 3.14. The summed E-state index contributed by atoms with van der Waals surface area (Å²) in [4.78, 5) is 11.5. The van der Waals surface area contributed by atoms with Gasteiger partial charge < -0.3 is 18.9 Å². The van der Waals surface area contributed by atoms with Gasteiger partial charge in [-0.15, -0.1) is 0 Å². The quantitative estimate of drug-likeness (QED) is 0.768. The zero-order valence-corrected chi connectivity index (χ0v) is 12.8. The molecule has 0 fully saturated rings. The highest BCUT2D eigenvalue weighted by molar-refractivity contribution is 5.90. The molecule has 22 heavy (non-hydrogen) atoms. The number of carbonyl (C=O) groups excluding carboxylic acids is 1. The first kappa shape index (κ1) is 15.7. The Labute approximate surface area is 129 Å². The number of rotatable bonds is 6. The first-order chi connectivity index (χ1) is 10.7. The molecule has 0 atom stereocenters. The first-order valence-electron chi connectivity index (χ1n) is 6.70. The van der Waals surface area contributed by atoms with E-state index in [1.165, 1.54) is 14.2 Å². The lowest BCUT2D eigenvalue weighted by Crippen LogP contribution is -2.03. The van der Waals surface area contributed by atoms with Crippen LogP contribution in [0.5, 0.6) is 17.2 Å². The number of hydrogen-bond donors (Lipinski definition) is 0. The van der Waals surface area contributed by atoms with E-state index in [9.17, 15) is 4.79 Å². The summed E-state index contributed by atoms with van der Waals surface area (Å²) in [6, 6.07) is 12.5. The molecule has 2 aromatic carbocycles. The molecule has 0 saturated heterocycles. The van der Waals surface area contributed by atoms with Crippen LogP contribution in [0.1, 0.15) is 15.9 Å². The molecule has 2 rings (SSSR count). The molecule has 5 nitrogen and oxygen atoms in total. The predicted octanol–water partition coefficient (Wildman–Crippen LogP) is 3.07. The van der Waals surface area contributed by atoms with Crippen LogP contribution in [0.25, 0.3) is 0 Å². The summed E-state index contributed by atoms with van der Waals surface area (Å²) in [6.45, 7) is 0.387. The molecule has 0 aliphatic carbocycles. The van der Waals surface area contributed by atoms with E-state index in [1.54, 1.807) is 25.3 Å². The number of benzene rings is 2. The Bertz CT molecular complexity index is 634. The Kier molecular flexibility index (Phi) is 5.25. The van der Waals surface area contributed by atoms with E-state index in [2.05, 4.69) is 4.74 Å². The number of esters is 1. The van der Waals surface area contributed by atoms with Gasteiger partial charge >= 0.3 is 5.97 Å². The van der Waals surface area contributed by atoms with Gasteiger partial charge in [0.25, 0.3) is 0 Å². The summed E-state index contributed by atoms with van der Waals surface area (Å²) in [5.74, 6) is 1.42. The highest BCUT2D eigenvalue weighted by atomic mass is 16.5. The van der Waals surface area contributed by atoms with Gasteiger partial charge in [-0.2, -0.15) is 0 Å². The lowest BCUT2D eigenvalue weighted by Gasteiger charge is -2.12. The minimum atomic E-state index is -0.417. The maximum atomic E-state index is 11.5. The van der Waals surface area contributed by atoms with Crippen LogP contribution >= 0.6 is 0 Å². The molecule has 0 unspecified atom stereocenters. The number of methoxy groups -OCH3 is 3. The molecule has 0 saturated carbocycles. The predicted molar refractivity (Wildman–Crippen MR) is 81.7 cm³/mol. The van der Waals surface area contributed by atoms with Crippen LogP contribution in [0.15, 0.2) is 42.5 Å². The summed E-state index contributed by atoms with van der Waals surface area (Å²) >= 11 is 0. The molecule has 0 aliphatic rings. The summed E-state index contributed by atoms with van der Waals surface area (Å²) in [5.41, 5.74) is 1.41. The second-order valence-electron chi connectivity index (χ2n) is 4.49. The van der Waals surface area contributed by atoms with Crippen LogP contribution in [0.4, 0.5) is 0 Å². The van der Waals surface area contributed by atoms with Crippen molar-refractivity contribution in [3.8, 4) is 17.2 Å². The largest absolute Gasteiger partial charge is 0.497 e. The average molecular weight is 302 g/mol. The monoisotopic (exact) mass is 302 g/mol. The van der Waals surface area contributed by atoms with Crippen LogP contribution < -0.4 is 14.2 Å². The molecular weight excluding hydrogens is 284 g/mol. The van der Waals surface area contributed by atoms with E-state index in [1.807, 2.05) is 24.3 Å². The van der Waals surface area contributed by atoms with E-state index < -0.39 is 5.97 Å². The second-order valence-corrected chi connectivity index (χ2v) is 4.49. The summed E-state index contributed by atoms with van der Waals surface area (Å²) in [6.07, 6.45) is 0. The Morgan fingerprint density at radius 1 is 0.909 bits per heavy atom. The first-order valence-corrected chi connectivity index (χ1v) is 6.70. The lowest BCUT2D eigenvalue weighted by atomic mass is 10.2. The Balaban J connectivity index is 2.09. The lowest BCUT2D eigenvalue weighted by molar-refractivity contribution is 0.0600. The normalized spacial score (nSPS) is 9.95.